The number of benzene rings is 3. The fraction of sp³-hybridized carbons (Fsp3) is 0.161. The first-order valence-corrected chi connectivity index (χ1v) is 13.0. The molecule has 0 fully saturated rings. The largest absolute Gasteiger partial charge is 0.496 e. The van der Waals surface area contributed by atoms with E-state index in [1.807, 2.05) is 91.3 Å². The molecule has 4 heterocycles. The third-order valence-corrected chi connectivity index (χ3v) is 7.10. The van der Waals surface area contributed by atoms with Gasteiger partial charge in [-0.2, -0.15) is 5.10 Å². The summed E-state index contributed by atoms with van der Waals surface area (Å²) in [7, 11) is 1.68. The Kier molecular flexibility index (Phi) is 5.70. The van der Waals surface area contributed by atoms with Gasteiger partial charge in [0, 0.05) is 5.56 Å². The van der Waals surface area contributed by atoms with E-state index in [9.17, 15) is 0 Å². The van der Waals surface area contributed by atoms with Crippen molar-refractivity contribution in [2.24, 2.45) is 0 Å². The third kappa shape index (κ3) is 3.94. The van der Waals surface area contributed by atoms with Crippen molar-refractivity contribution in [1.29, 1.82) is 0 Å². The maximum Gasteiger partial charge on any atom is 0.230 e. The number of hydrogen-bond acceptors (Lipinski definition) is 7. The molecule has 0 spiro atoms. The molecule has 9 nitrogen and oxygen atoms in total. The first-order valence-electron chi connectivity index (χ1n) is 13.0. The van der Waals surface area contributed by atoms with Gasteiger partial charge in [-0.15, -0.1) is 5.10 Å². The maximum atomic E-state index is 6.50. The topological polar surface area (TPSA) is 88.6 Å². The van der Waals surface area contributed by atoms with E-state index < -0.39 is 0 Å². The highest BCUT2D eigenvalue weighted by molar-refractivity contribution is 5.67. The van der Waals surface area contributed by atoms with Crippen molar-refractivity contribution >= 4 is 5.65 Å². The van der Waals surface area contributed by atoms with Crippen LogP contribution in [0, 0.1) is 13.8 Å². The Morgan fingerprint density at radius 2 is 1.65 bits per heavy atom. The molecule has 1 atom stereocenters. The number of hydrogen-bond donors (Lipinski definition) is 0. The van der Waals surface area contributed by atoms with Crippen molar-refractivity contribution < 1.29 is 14.2 Å². The summed E-state index contributed by atoms with van der Waals surface area (Å²) in [6.45, 7) is 4.25. The Balaban J connectivity index is 1.39. The fourth-order valence-corrected chi connectivity index (χ4v) is 5.23. The molecule has 1 aliphatic heterocycles. The average Bonchev–Trinajstić information content (AvgIpc) is 3.57. The molecule has 3 aromatic carbocycles. The minimum absolute atomic E-state index is 0.218. The molecule has 0 aliphatic carbocycles. The summed E-state index contributed by atoms with van der Waals surface area (Å²) in [5, 5.41) is 9.56. The van der Waals surface area contributed by atoms with Crippen molar-refractivity contribution in [1.82, 2.24) is 29.4 Å². The van der Waals surface area contributed by atoms with Gasteiger partial charge in [0.15, 0.2) is 11.5 Å². The number of ether oxygens (including phenoxy) is 3. The molecule has 7 rings (SSSR count). The molecular weight excluding hydrogens is 504 g/mol. The van der Waals surface area contributed by atoms with Gasteiger partial charge in [-0.05, 0) is 44.2 Å². The molecule has 0 radical (unpaired) electrons. The zero-order valence-electron chi connectivity index (χ0n) is 22.3. The SMILES string of the molecule is COc1ccccc1[C@H]1c2c(C)nn(-c3ccccc3)c2Oc2ncn3nc(COc4ccc(C)cc4)nc3c21. The lowest BCUT2D eigenvalue weighted by Crippen LogP contribution is -2.16. The normalized spacial score (nSPS) is 13.9. The predicted molar refractivity (Wildman–Crippen MR) is 149 cm³/mol. The molecule has 40 heavy (non-hydrogen) atoms. The Bertz CT molecular complexity index is 1840. The van der Waals surface area contributed by atoms with Crippen LogP contribution in [-0.4, -0.2) is 36.5 Å². The van der Waals surface area contributed by atoms with Gasteiger partial charge in [-0.3, -0.25) is 0 Å². The highest BCUT2D eigenvalue weighted by Gasteiger charge is 2.39. The van der Waals surface area contributed by atoms with Gasteiger partial charge < -0.3 is 14.2 Å². The van der Waals surface area contributed by atoms with Gasteiger partial charge in [0.1, 0.15) is 24.4 Å². The lowest BCUT2D eigenvalue weighted by molar-refractivity contribution is 0.296. The van der Waals surface area contributed by atoms with Crippen LogP contribution in [0.15, 0.2) is 85.2 Å². The van der Waals surface area contributed by atoms with Crippen LogP contribution >= 0.6 is 0 Å². The highest BCUT2D eigenvalue weighted by Crippen LogP contribution is 2.51. The van der Waals surface area contributed by atoms with Crippen molar-refractivity contribution in [3.8, 4) is 28.9 Å². The number of aromatic nitrogens is 6. The van der Waals surface area contributed by atoms with Gasteiger partial charge in [-0.1, -0.05) is 54.1 Å². The van der Waals surface area contributed by atoms with Crippen LogP contribution in [-0.2, 0) is 6.61 Å². The molecule has 0 amide bonds. The average molecular weight is 531 g/mol. The van der Waals surface area contributed by atoms with Gasteiger partial charge in [0.2, 0.25) is 11.8 Å². The fourth-order valence-electron chi connectivity index (χ4n) is 5.23. The Morgan fingerprint density at radius 3 is 2.45 bits per heavy atom. The second kappa shape index (κ2) is 9.53. The summed E-state index contributed by atoms with van der Waals surface area (Å²) >= 11 is 0. The van der Waals surface area contributed by atoms with Crippen LogP contribution in [0.25, 0.3) is 11.3 Å². The molecule has 0 N–H and O–H groups in total. The number of para-hydroxylation sites is 2. The smallest absolute Gasteiger partial charge is 0.230 e. The first-order chi connectivity index (χ1) is 19.6. The van der Waals surface area contributed by atoms with E-state index in [1.165, 1.54) is 5.56 Å². The standard InChI is InChI=1S/C31H26N6O3/c1-19-13-15-22(16-14-19)39-17-25-33-29-28-27(23-11-7-8-12-24(23)38-3)26-20(2)34-37(21-9-5-4-6-10-21)31(26)40-30(28)32-18-36(29)35-25/h4-16,18,27H,17H2,1-3H3/t27-/m0/s1. The molecule has 0 saturated heterocycles. The van der Waals surface area contributed by atoms with Crippen molar-refractivity contribution in [3.63, 3.8) is 0 Å². The number of methoxy groups -OCH3 is 1. The number of aryl methyl sites for hydroxylation is 2. The summed E-state index contributed by atoms with van der Waals surface area (Å²) in [6.07, 6.45) is 1.62. The molecule has 9 heteroatoms. The van der Waals surface area contributed by atoms with E-state index in [2.05, 4.69) is 16.1 Å². The number of rotatable bonds is 6. The molecule has 0 saturated carbocycles. The molecule has 0 bridgehead atoms. The van der Waals surface area contributed by atoms with Gasteiger partial charge in [-0.25, -0.2) is 19.2 Å². The summed E-state index contributed by atoms with van der Waals surface area (Å²) in [4.78, 5) is 9.57. The predicted octanol–water partition coefficient (Wildman–Crippen LogP) is 5.80. The van der Waals surface area contributed by atoms with E-state index in [0.29, 0.717) is 23.2 Å². The van der Waals surface area contributed by atoms with Crippen LogP contribution in [0.5, 0.6) is 23.3 Å². The van der Waals surface area contributed by atoms with Crippen LogP contribution < -0.4 is 14.2 Å². The zero-order valence-corrected chi connectivity index (χ0v) is 22.3. The van der Waals surface area contributed by atoms with E-state index in [1.54, 1.807) is 18.0 Å². The molecule has 3 aromatic heterocycles. The lowest BCUT2D eigenvalue weighted by Gasteiger charge is -2.27. The Morgan fingerprint density at radius 1 is 0.875 bits per heavy atom. The molecule has 6 aromatic rings. The van der Waals surface area contributed by atoms with Crippen molar-refractivity contribution in [2.75, 3.05) is 7.11 Å². The summed E-state index contributed by atoms with van der Waals surface area (Å²) in [6, 6.07) is 25.8. The molecule has 0 unspecified atom stereocenters. The Hall–Kier alpha value is -5.18. The minimum Gasteiger partial charge on any atom is -0.496 e. The first kappa shape index (κ1) is 23.9. The summed E-state index contributed by atoms with van der Waals surface area (Å²) < 4.78 is 21.8. The third-order valence-electron chi connectivity index (χ3n) is 7.10. The van der Waals surface area contributed by atoms with Crippen LogP contribution in [0.3, 0.4) is 0 Å². The van der Waals surface area contributed by atoms with Crippen LogP contribution in [0.2, 0.25) is 0 Å². The second-order valence-corrected chi connectivity index (χ2v) is 9.69. The Labute approximate surface area is 230 Å². The van der Waals surface area contributed by atoms with Crippen LogP contribution in [0.1, 0.15) is 39.7 Å². The van der Waals surface area contributed by atoms with Crippen molar-refractivity contribution in [3.05, 3.63) is 119 Å². The number of fused-ring (bicyclic) bond motifs is 4. The van der Waals surface area contributed by atoms with E-state index >= 15 is 0 Å². The van der Waals surface area contributed by atoms with E-state index in [4.69, 9.17) is 24.3 Å². The molecule has 198 valence electrons. The highest BCUT2D eigenvalue weighted by atomic mass is 16.5. The van der Waals surface area contributed by atoms with Gasteiger partial charge >= 0.3 is 0 Å². The monoisotopic (exact) mass is 530 g/mol. The maximum absolute atomic E-state index is 6.50. The molecular formula is C31H26N6O3. The minimum atomic E-state index is -0.307. The number of nitrogens with zero attached hydrogens (tertiary/aromatic N) is 6. The van der Waals surface area contributed by atoms with E-state index in [-0.39, 0.29) is 12.5 Å². The quantitative estimate of drug-likeness (QED) is 0.268. The van der Waals surface area contributed by atoms with Crippen molar-refractivity contribution in [2.45, 2.75) is 26.4 Å². The second-order valence-electron chi connectivity index (χ2n) is 9.69. The van der Waals surface area contributed by atoms with E-state index in [0.717, 1.165) is 39.6 Å². The summed E-state index contributed by atoms with van der Waals surface area (Å²) in [5.41, 5.74) is 6.23. The molecule has 1 aliphatic rings. The van der Waals surface area contributed by atoms with Gasteiger partial charge in [0.25, 0.3) is 0 Å². The van der Waals surface area contributed by atoms with Crippen LogP contribution in [0.4, 0.5) is 0 Å². The lowest BCUT2D eigenvalue weighted by atomic mass is 9.84. The zero-order chi connectivity index (χ0) is 27.2. The summed E-state index contributed by atoms with van der Waals surface area (Å²) in [5.74, 6) is 2.81. The van der Waals surface area contributed by atoms with Gasteiger partial charge in [0.05, 0.1) is 35.5 Å².